The van der Waals surface area contributed by atoms with E-state index >= 15 is 0 Å². The van der Waals surface area contributed by atoms with E-state index in [1.54, 1.807) is 14.2 Å². The lowest BCUT2D eigenvalue weighted by atomic mass is 10.1. The van der Waals surface area contributed by atoms with E-state index in [1.165, 1.54) is 0 Å². The average molecular weight is 350 g/mol. The standard InChI is InChI=1S/C12H14Br2O2/c1-8(12(13)14)6-9-4-5-10(15-2)11(7-9)16-3/h4-5,7,12H,1,6H2,2-3H3. The van der Waals surface area contributed by atoms with Gasteiger partial charge in [0, 0.05) is 0 Å². The summed E-state index contributed by atoms with van der Waals surface area (Å²) in [5, 5.41) is 0. The molecular formula is C12H14Br2O2. The molecule has 1 rings (SSSR count). The first kappa shape index (κ1) is 13.6. The molecule has 0 aromatic heterocycles. The Balaban J connectivity index is 2.87. The Labute approximate surface area is 113 Å². The van der Waals surface area contributed by atoms with Crippen LogP contribution in [-0.4, -0.2) is 18.0 Å². The van der Waals surface area contributed by atoms with Crippen LogP contribution in [-0.2, 0) is 6.42 Å². The first-order chi connectivity index (χ1) is 7.58. The van der Waals surface area contributed by atoms with E-state index in [4.69, 9.17) is 9.47 Å². The summed E-state index contributed by atoms with van der Waals surface area (Å²) in [6.45, 7) is 3.98. The van der Waals surface area contributed by atoms with E-state index < -0.39 is 0 Å². The topological polar surface area (TPSA) is 18.5 Å². The number of benzene rings is 1. The lowest BCUT2D eigenvalue weighted by Crippen LogP contribution is -1.97. The van der Waals surface area contributed by atoms with Crippen molar-refractivity contribution in [3.63, 3.8) is 0 Å². The Morgan fingerprint density at radius 2 is 1.88 bits per heavy atom. The normalized spacial score (nSPS) is 10.3. The van der Waals surface area contributed by atoms with Crippen molar-refractivity contribution in [2.45, 2.75) is 10.2 Å². The Kier molecular flexibility index (Phi) is 5.35. The highest BCUT2D eigenvalue weighted by atomic mass is 79.9. The molecule has 0 bridgehead atoms. The van der Waals surface area contributed by atoms with E-state index in [1.807, 2.05) is 18.2 Å². The molecule has 1 aromatic rings. The van der Waals surface area contributed by atoms with Gasteiger partial charge in [0.15, 0.2) is 11.5 Å². The molecule has 0 aliphatic carbocycles. The van der Waals surface area contributed by atoms with Gasteiger partial charge in [-0.25, -0.2) is 0 Å². The molecule has 0 fully saturated rings. The Bertz CT molecular complexity index is 375. The highest BCUT2D eigenvalue weighted by Gasteiger charge is 2.08. The fourth-order valence-corrected chi connectivity index (χ4v) is 1.65. The van der Waals surface area contributed by atoms with Crippen molar-refractivity contribution in [2.24, 2.45) is 0 Å². The molecule has 0 saturated heterocycles. The molecule has 4 heteroatoms. The first-order valence-electron chi connectivity index (χ1n) is 4.75. The van der Waals surface area contributed by atoms with Gasteiger partial charge in [0.25, 0.3) is 0 Å². The molecule has 0 amide bonds. The van der Waals surface area contributed by atoms with Crippen LogP contribution in [0.25, 0.3) is 0 Å². The third kappa shape index (κ3) is 3.52. The number of halogens is 2. The van der Waals surface area contributed by atoms with Crippen LogP contribution in [0, 0.1) is 0 Å². The van der Waals surface area contributed by atoms with Crippen LogP contribution >= 0.6 is 31.9 Å². The summed E-state index contributed by atoms with van der Waals surface area (Å²) in [6, 6.07) is 5.88. The maximum atomic E-state index is 5.24. The molecule has 0 heterocycles. The van der Waals surface area contributed by atoms with E-state index in [0.717, 1.165) is 29.1 Å². The fraction of sp³-hybridized carbons (Fsp3) is 0.333. The number of rotatable bonds is 5. The maximum absolute atomic E-state index is 5.24. The molecule has 1 aromatic carbocycles. The van der Waals surface area contributed by atoms with Crippen molar-refractivity contribution < 1.29 is 9.47 Å². The third-order valence-electron chi connectivity index (χ3n) is 2.19. The van der Waals surface area contributed by atoms with Gasteiger partial charge in [0.2, 0.25) is 0 Å². The molecule has 0 atom stereocenters. The summed E-state index contributed by atoms with van der Waals surface area (Å²) in [6.07, 6.45) is 0.793. The molecule has 0 saturated carbocycles. The molecule has 16 heavy (non-hydrogen) atoms. The molecule has 0 radical (unpaired) electrons. The fourth-order valence-electron chi connectivity index (χ4n) is 1.33. The van der Waals surface area contributed by atoms with Crippen molar-refractivity contribution in [1.29, 1.82) is 0 Å². The largest absolute Gasteiger partial charge is 0.493 e. The number of allylic oxidation sites excluding steroid dienone is 1. The van der Waals surface area contributed by atoms with E-state index in [-0.39, 0.29) is 3.74 Å². The van der Waals surface area contributed by atoms with E-state index in [0.29, 0.717) is 0 Å². The van der Waals surface area contributed by atoms with Gasteiger partial charge in [-0.15, -0.1) is 0 Å². The highest BCUT2D eigenvalue weighted by molar-refractivity contribution is 9.24. The number of hydrogen-bond acceptors (Lipinski definition) is 2. The summed E-state index contributed by atoms with van der Waals surface area (Å²) in [4.78, 5) is 0. The van der Waals surface area contributed by atoms with Crippen LogP contribution in [0.1, 0.15) is 5.56 Å². The van der Waals surface area contributed by atoms with Gasteiger partial charge in [-0.3, -0.25) is 0 Å². The summed E-state index contributed by atoms with van der Waals surface area (Å²) >= 11 is 6.84. The Morgan fingerprint density at radius 3 is 2.38 bits per heavy atom. The summed E-state index contributed by atoms with van der Waals surface area (Å²) in [5.41, 5.74) is 2.21. The van der Waals surface area contributed by atoms with E-state index in [2.05, 4.69) is 38.4 Å². The summed E-state index contributed by atoms with van der Waals surface area (Å²) < 4.78 is 10.6. The lowest BCUT2D eigenvalue weighted by molar-refractivity contribution is 0.354. The number of hydrogen-bond donors (Lipinski definition) is 0. The van der Waals surface area contributed by atoms with Crippen LogP contribution in [0.2, 0.25) is 0 Å². The SMILES string of the molecule is C=C(Cc1ccc(OC)c(OC)c1)C(Br)Br. The van der Waals surface area contributed by atoms with Gasteiger partial charge < -0.3 is 9.47 Å². The van der Waals surface area contributed by atoms with Crippen LogP contribution in [0.5, 0.6) is 11.5 Å². The first-order valence-corrected chi connectivity index (χ1v) is 6.58. The minimum absolute atomic E-state index is 0.132. The summed E-state index contributed by atoms with van der Waals surface area (Å²) in [7, 11) is 3.26. The molecule has 88 valence electrons. The third-order valence-corrected chi connectivity index (χ3v) is 3.48. The smallest absolute Gasteiger partial charge is 0.160 e. The van der Waals surface area contributed by atoms with Crippen LogP contribution < -0.4 is 9.47 Å². The number of alkyl halides is 2. The Hall–Kier alpha value is -0.480. The zero-order valence-electron chi connectivity index (χ0n) is 9.30. The van der Waals surface area contributed by atoms with Gasteiger partial charge in [-0.1, -0.05) is 44.5 Å². The molecular weight excluding hydrogens is 336 g/mol. The van der Waals surface area contributed by atoms with E-state index in [9.17, 15) is 0 Å². The zero-order chi connectivity index (χ0) is 12.1. The van der Waals surface area contributed by atoms with Crippen LogP contribution in [0.3, 0.4) is 0 Å². The molecule has 0 spiro atoms. The second-order valence-electron chi connectivity index (χ2n) is 3.33. The summed E-state index contributed by atoms with van der Waals surface area (Å²) in [5.74, 6) is 1.49. The molecule has 2 nitrogen and oxygen atoms in total. The quantitative estimate of drug-likeness (QED) is 0.592. The highest BCUT2D eigenvalue weighted by Crippen LogP contribution is 2.29. The molecule has 0 aliphatic heterocycles. The van der Waals surface area contributed by atoms with Gasteiger partial charge in [-0.05, 0) is 29.7 Å². The minimum Gasteiger partial charge on any atom is -0.493 e. The Morgan fingerprint density at radius 1 is 1.25 bits per heavy atom. The van der Waals surface area contributed by atoms with Crippen molar-refractivity contribution in [3.8, 4) is 11.5 Å². The van der Waals surface area contributed by atoms with Gasteiger partial charge in [0.1, 0.15) is 0 Å². The van der Waals surface area contributed by atoms with Gasteiger partial charge in [-0.2, -0.15) is 0 Å². The minimum atomic E-state index is 0.132. The maximum Gasteiger partial charge on any atom is 0.160 e. The molecule has 0 N–H and O–H groups in total. The second-order valence-corrected chi connectivity index (χ2v) is 6.39. The lowest BCUT2D eigenvalue weighted by Gasteiger charge is -2.11. The van der Waals surface area contributed by atoms with Crippen molar-refractivity contribution in [3.05, 3.63) is 35.9 Å². The monoisotopic (exact) mass is 348 g/mol. The number of methoxy groups -OCH3 is 2. The number of ether oxygens (including phenoxy) is 2. The van der Waals surface area contributed by atoms with Gasteiger partial charge >= 0.3 is 0 Å². The van der Waals surface area contributed by atoms with Crippen molar-refractivity contribution >= 4 is 31.9 Å². The zero-order valence-corrected chi connectivity index (χ0v) is 12.5. The predicted octanol–water partition coefficient (Wildman–Crippen LogP) is 3.92. The van der Waals surface area contributed by atoms with Crippen LogP contribution in [0.4, 0.5) is 0 Å². The van der Waals surface area contributed by atoms with Crippen molar-refractivity contribution in [2.75, 3.05) is 14.2 Å². The van der Waals surface area contributed by atoms with Crippen molar-refractivity contribution in [1.82, 2.24) is 0 Å². The van der Waals surface area contributed by atoms with Crippen LogP contribution in [0.15, 0.2) is 30.4 Å². The molecule has 0 aliphatic rings. The van der Waals surface area contributed by atoms with Gasteiger partial charge in [0.05, 0.1) is 18.0 Å². The molecule has 0 unspecified atom stereocenters. The second kappa shape index (κ2) is 6.30. The average Bonchev–Trinajstić information content (AvgIpc) is 2.28. The predicted molar refractivity (Wildman–Crippen MR) is 74.0 cm³/mol.